The van der Waals surface area contributed by atoms with Gasteiger partial charge in [0.25, 0.3) is 0 Å². The molecule has 2 saturated heterocycles. The number of piperidine rings is 1. The highest BCUT2D eigenvalue weighted by Crippen LogP contribution is 2.23. The van der Waals surface area contributed by atoms with Gasteiger partial charge in [-0.15, -0.1) is 0 Å². The van der Waals surface area contributed by atoms with E-state index in [-0.39, 0.29) is 63.0 Å². The molecule has 0 radical (unpaired) electrons. The third kappa shape index (κ3) is 27.2. The molecule has 2 aromatic carbocycles. The summed E-state index contributed by atoms with van der Waals surface area (Å²) in [5, 5.41) is 21.3. The van der Waals surface area contributed by atoms with Gasteiger partial charge in [0.05, 0.1) is 51.5 Å². The van der Waals surface area contributed by atoms with Crippen LogP contribution in [0.4, 0.5) is 0 Å². The van der Waals surface area contributed by atoms with E-state index in [4.69, 9.17) is 9.47 Å². The first-order valence-corrected chi connectivity index (χ1v) is 36.7. The number of carbonyl (C=O) groups is 12. The van der Waals surface area contributed by atoms with Crippen molar-refractivity contribution < 1.29 is 72.1 Å². The number of nitrogens with one attached hydrogen (secondary N) is 4. The summed E-state index contributed by atoms with van der Waals surface area (Å²) in [4.78, 5) is 191. The lowest BCUT2D eigenvalue weighted by Crippen LogP contribution is -2.62. The normalized spacial score (nSPS) is 23.8. The standard InChI is InChI=1S/C76H122N12O15/c1-19-20-34-88-46-65(92)83(15)62(43-54-32-26-22-27-33-54)74(100)85(17)59(40-50(4)5)68(94)79-57(48-103-76(10,11)12)71(97)84(16)58(39-49(2)3)67(93)77-55(72(98)87-35-28-23-29-36-87)44-63(90)81(13)45-64(91)82(14)61(42-53-30-24-21-25-31-53)70(96)80-66(52(8)9)75(101)86(18)60(41-51(6)7)69(95)78-56(73(88)99)47-102-38-37-89/h21-22,24-27,30-33,49-52,55-62,66,89H,19-20,23,28-29,34-48H2,1-18H3,(H,77,93)(H,78,95)(H,79,94)(H,80,96)/t55-,56-,57-,58-,59-,60-,61-,62-,66-/m0/s1. The second-order valence-corrected chi connectivity index (χ2v) is 30.3. The highest BCUT2D eigenvalue weighted by Gasteiger charge is 2.43. The molecule has 2 aromatic rings. The second kappa shape index (κ2) is 42.0. The van der Waals surface area contributed by atoms with Crippen LogP contribution in [0.3, 0.4) is 0 Å². The largest absolute Gasteiger partial charge is 0.394 e. The van der Waals surface area contributed by atoms with Gasteiger partial charge in [0.15, 0.2) is 0 Å². The van der Waals surface area contributed by atoms with Crippen molar-refractivity contribution in [2.45, 2.75) is 214 Å². The minimum atomic E-state index is -1.49. The molecule has 2 aliphatic rings. The van der Waals surface area contributed by atoms with Crippen LogP contribution >= 0.6 is 0 Å². The van der Waals surface area contributed by atoms with Gasteiger partial charge < -0.3 is 75.0 Å². The van der Waals surface area contributed by atoms with E-state index in [0.717, 1.165) is 11.3 Å². The Morgan fingerprint density at radius 3 is 1.45 bits per heavy atom. The van der Waals surface area contributed by atoms with E-state index in [1.54, 1.807) is 100 Å². The number of unbranched alkanes of at least 4 members (excludes halogenated alkanes) is 1. The van der Waals surface area contributed by atoms with Gasteiger partial charge in [-0.1, -0.05) is 129 Å². The zero-order valence-electron chi connectivity index (χ0n) is 64.7. The van der Waals surface area contributed by atoms with Crippen molar-refractivity contribution in [1.29, 1.82) is 0 Å². The number of likely N-dealkylation sites (N-methyl/N-ethyl adjacent to an activating group) is 6. The van der Waals surface area contributed by atoms with Gasteiger partial charge in [0.1, 0.15) is 54.4 Å². The van der Waals surface area contributed by atoms with Gasteiger partial charge in [0, 0.05) is 74.8 Å². The van der Waals surface area contributed by atoms with E-state index >= 15 is 43.2 Å². The highest BCUT2D eigenvalue weighted by atomic mass is 16.5. The summed E-state index contributed by atoms with van der Waals surface area (Å²) in [6.07, 6.45) is 2.66. The van der Waals surface area contributed by atoms with E-state index in [9.17, 15) is 19.5 Å². The molecule has 2 aliphatic heterocycles. The number of aliphatic hydroxyl groups is 1. The molecule has 4 rings (SSSR count). The molecule has 0 unspecified atom stereocenters. The molecular formula is C76H122N12O15. The van der Waals surface area contributed by atoms with Crippen molar-refractivity contribution in [3.63, 3.8) is 0 Å². The topological polar surface area (TPSA) is 318 Å². The zero-order chi connectivity index (χ0) is 77.2. The van der Waals surface area contributed by atoms with Crippen LogP contribution in [0.5, 0.6) is 0 Å². The first-order valence-electron chi connectivity index (χ1n) is 36.7. The van der Waals surface area contributed by atoms with E-state index in [2.05, 4.69) is 21.3 Å². The van der Waals surface area contributed by atoms with Gasteiger partial charge in [-0.3, -0.25) is 57.5 Å². The number of aliphatic hydroxyl groups excluding tert-OH is 1. The lowest BCUT2D eigenvalue weighted by molar-refractivity contribution is -0.151. The molecule has 0 aromatic heterocycles. The van der Waals surface area contributed by atoms with Crippen LogP contribution in [0.15, 0.2) is 60.7 Å². The Labute approximate surface area is 611 Å². The molecule has 9 atom stereocenters. The molecule has 0 saturated carbocycles. The van der Waals surface area contributed by atoms with Crippen LogP contribution in [0, 0.1) is 23.7 Å². The van der Waals surface area contributed by atoms with Gasteiger partial charge in [0.2, 0.25) is 70.9 Å². The fourth-order valence-corrected chi connectivity index (χ4v) is 12.5. The number of hydrogen-bond donors (Lipinski definition) is 5. The number of hydrogen-bond acceptors (Lipinski definition) is 15. The van der Waals surface area contributed by atoms with Crippen molar-refractivity contribution in [3.8, 4) is 0 Å². The first kappa shape index (κ1) is 87.4. The second-order valence-electron chi connectivity index (χ2n) is 30.3. The summed E-state index contributed by atoms with van der Waals surface area (Å²) in [6.45, 7) is 19.7. The zero-order valence-corrected chi connectivity index (χ0v) is 64.7. The van der Waals surface area contributed by atoms with Gasteiger partial charge in [-0.2, -0.15) is 0 Å². The summed E-state index contributed by atoms with van der Waals surface area (Å²) < 4.78 is 12.0. The Hall–Kier alpha value is -8.04. The molecule has 27 heteroatoms. The third-order valence-electron chi connectivity index (χ3n) is 18.8. The molecule has 103 heavy (non-hydrogen) atoms. The number of nitrogens with zero attached hydrogens (tertiary/aromatic N) is 8. The monoisotopic (exact) mass is 1440 g/mol. The number of rotatable bonds is 21. The van der Waals surface area contributed by atoms with Crippen LogP contribution in [-0.4, -0.2) is 277 Å². The maximum atomic E-state index is 15.5. The maximum Gasteiger partial charge on any atom is 0.248 e. The lowest BCUT2D eigenvalue weighted by atomic mass is 9.97. The van der Waals surface area contributed by atoms with Crippen LogP contribution in [-0.2, 0) is 79.8 Å². The Bertz CT molecular complexity index is 3120. The van der Waals surface area contributed by atoms with Crippen molar-refractivity contribution in [3.05, 3.63) is 71.8 Å². The SMILES string of the molecule is CCCCN1CC(=O)N(C)[C@@H](Cc2ccccc2)C(=O)N(C)[C@@H](CC(C)C)C(=O)N[C@@H](COC(C)(C)C)C(=O)N(C)[C@@H](CC(C)C)C(=O)N[C@H](C(=O)N2CCCCC2)CC(=O)N(C)CC(=O)N(C)[C@@H](Cc2ccccc2)C(=O)N[C@@H](C(C)C)C(=O)N(C)[C@@H](CC(C)C)C(=O)N[C@@H](COCCO)C1=O. The van der Waals surface area contributed by atoms with Gasteiger partial charge >= 0.3 is 0 Å². The van der Waals surface area contributed by atoms with Crippen LogP contribution < -0.4 is 21.3 Å². The molecule has 12 amide bonds. The van der Waals surface area contributed by atoms with E-state index in [1.165, 1.54) is 71.7 Å². The summed E-state index contributed by atoms with van der Waals surface area (Å²) in [7, 11) is 8.44. The van der Waals surface area contributed by atoms with Crippen molar-refractivity contribution >= 4 is 70.9 Å². The van der Waals surface area contributed by atoms with Crippen LogP contribution in [0.25, 0.3) is 0 Å². The predicted octanol–water partition coefficient (Wildman–Crippen LogP) is 3.67. The van der Waals surface area contributed by atoms with Gasteiger partial charge in [-0.05, 0) is 101 Å². The van der Waals surface area contributed by atoms with E-state index < -0.39 is 176 Å². The molecular weight excluding hydrogens is 1320 g/mol. The maximum absolute atomic E-state index is 15.5. The summed E-state index contributed by atoms with van der Waals surface area (Å²) in [5.74, 6) is -9.83. The molecule has 0 spiro atoms. The molecule has 0 aliphatic carbocycles. The molecule has 5 N–H and O–H groups in total. The molecule has 576 valence electrons. The summed E-state index contributed by atoms with van der Waals surface area (Å²) in [5.41, 5.74) is 0.446. The smallest absolute Gasteiger partial charge is 0.248 e. The van der Waals surface area contributed by atoms with E-state index in [1.807, 2.05) is 48.5 Å². The van der Waals surface area contributed by atoms with Crippen LogP contribution in [0.2, 0.25) is 0 Å². The third-order valence-corrected chi connectivity index (χ3v) is 18.8. The minimum Gasteiger partial charge on any atom is -0.394 e. The average Bonchev–Trinajstić information content (AvgIpc) is 0.826. The number of benzene rings is 2. The lowest BCUT2D eigenvalue weighted by Gasteiger charge is -2.37. The van der Waals surface area contributed by atoms with Gasteiger partial charge in [-0.25, -0.2) is 0 Å². The highest BCUT2D eigenvalue weighted by molar-refractivity contribution is 6.00. The predicted molar refractivity (Wildman–Crippen MR) is 392 cm³/mol. The molecule has 2 heterocycles. The Morgan fingerprint density at radius 2 is 0.971 bits per heavy atom. The fourth-order valence-electron chi connectivity index (χ4n) is 12.5. The Kier molecular flexibility index (Phi) is 35.7. The summed E-state index contributed by atoms with van der Waals surface area (Å²) >= 11 is 0. The number of carbonyl (C=O) groups excluding carboxylic acids is 12. The number of amides is 12. The van der Waals surface area contributed by atoms with Crippen molar-refractivity contribution in [1.82, 2.24) is 60.5 Å². The number of likely N-dealkylation sites (tertiary alicyclic amines) is 1. The minimum absolute atomic E-state index is 0.00932. The van der Waals surface area contributed by atoms with Crippen molar-refractivity contribution in [2.24, 2.45) is 23.7 Å². The summed E-state index contributed by atoms with van der Waals surface area (Å²) in [6, 6.07) is 5.58. The Morgan fingerprint density at radius 1 is 0.524 bits per heavy atom. The Balaban J connectivity index is 2.00. The number of ether oxygens (including phenoxy) is 2. The molecule has 2 fully saturated rings. The average molecular weight is 1440 g/mol. The molecule has 0 bridgehead atoms. The first-order chi connectivity index (χ1) is 48.4. The molecule has 27 nitrogen and oxygen atoms in total. The van der Waals surface area contributed by atoms with Crippen LogP contribution in [0.1, 0.15) is 152 Å². The van der Waals surface area contributed by atoms with E-state index in [0.29, 0.717) is 49.9 Å². The quantitative estimate of drug-likeness (QED) is 0.111. The van der Waals surface area contributed by atoms with Crippen molar-refractivity contribution in [2.75, 3.05) is 101 Å². The fraction of sp³-hybridized carbons (Fsp3) is 0.684.